The lowest BCUT2D eigenvalue weighted by Crippen LogP contribution is -2.18. The van der Waals surface area contributed by atoms with Gasteiger partial charge in [-0.15, -0.1) is 0 Å². The Morgan fingerprint density at radius 2 is 2.12 bits per heavy atom. The van der Waals surface area contributed by atoms with Crippen molar-refractivity contribution in [2.75, 3.05) is 0 Å². The number of rotatable bonds is 3. The molecule has 17 heavy (non-hydrogen) atoms. The van der Waals surface area contributed by atoms with Crippen molar-refractivity contribution in [1.29, 1.82) is 0 Å². The second kappa shape index (κ2) is 4.80. The van der Waals surface area contributed by atoms with Gasteiger partial charge in [-0.1, -0.05) is 18.2 Å². The van der Waals surface area contributed by atoms with E-state index in [0.717, 1.165) is 10.9 Å². The summed E-state index contributed by atoms with van der Waals surface area (Å²) in [6.07, 6.45) is 0.360. The molecule has 0 bridgehead atoms. The quantitative estimate of drug-likeness (QED) is 0.551. The molecule has 2 rings (SSSR count). The number of carbonyl (C=O) groups excluding carboxylic acids is 1. The minimum atomic E-state index is -0.501. The van der Waals surface area contributed by atoms with Crippen LogP contribution < -0.4 is 5.48 Å². The van der Waals surface area contributed by atoms with E-state index in [0.29, 0.717) is 5.69 Å². The van der Waals surface area contributed by atoms with Gasteiger partial charge in [0, 0.05) is 18.2 Å². The maximum Gasteiger partial charge on any atom is 0.243 e. The molecule has 5 heteroatoms. The van der Waals surface area contributed by atoms with Crippen LogP contribution in [-0.2, 0) is 11.2 Å². The smallest absolute Gasteiger partial charge is 0.243 e. The molecule has 0 atom stereocenters. The van der Waals surface area contributed by atoms with Crippen molar-refractivity contribution in [2.45, 2.75) is 12.8 Å². The Bertz CT molecular complexity index is 554. The number of aryl methyl sites for hydroxylation is 1. The minimum absolute atomic E-state index is 0.0643. The molecule has 0 unspecified atom stereocenters. The van der Waals surface area contributed by atoms with Crippen LogP contribution in [-0.4, -0.2) is 21.2 Å². The standard InChI is InChI=1S/C12H12N2O3/c15-11-7-8-3-1-2-4-9(8)13-10(11)5-6-12(16)14-17/h1-4,7,15,17H,5-6H2,(H,14,16). The number of pyridine rings is 1. The van der Waals surface area contributed by atoms with Gasteiger partial charge in [0.05, 0.1) is 11.2 Å². The number of hydroxylamine groups is 1. The molecule has 0 aliphatic heterocycles. The number of carbonyl (C=O) groups is 1. The van der Waals surface area contributed by atoms with E-state index in [1.165, 1.54) is 0 Å². The van der Waals surface area contributed by atoms with Crippen molar-refractivity contribution in [3.05, 3.63) is 36.0 Å². The van der Waals surface area contributed by atoms with Gasteiger partial charge >= 0.3 is 0 Å². The number of nitrogens with one attached hydrogen (secondary N) is 1. The fraction of sp³-hybridized carbons (Fsp3) is 0.167. The summed E-state index contributed by atoms with van der Waals surface area (Å²) in [7, 11) is 0. The van der Waals surface area contributed by atoms with Crippen molar-refractivity contribution < 1.29 is 15.1 Å². The fourth-order valence-electron chi connectivity index (χ4n) is 1.62. The second-order valence-corrected chi connectivity index (χ2v) is 3.68. The van der Waals surface area contributed by atoms with Gasteiger partial charge in [0.25, 0.3) is 0 Å². The van der Waals surface area contributed by atoms with E-state index < -0.39 is 5.91 Å². The van der Waals surface area contributed by atoms with Gasteiger partial charge in [0.1, 0.15) is 5.75 Å². The molecule has 0 saturated carbocycles. The fourth-order valence-corrected chi connectivity index (χ4v) is 1.62. The van der Waals surface area contributed by atoms with Gasteiger partial charge in [-0.05, 0) is 12.1 Å². The van der Waals surface area contributed by atoms with Crippen LogP contribution in [0.5, 0.6) is 5.75 Å². The zero-order valence-corrected chi connectivity index (χ0v) is 9.05. The summed E-state index contributed by atoms with van der Waals surface area (Å²) in [6.45, 7) is 0. The number of nitrogens with zero attached hydrogens (tertiary/aromatic N) is 1. The lowest BCUT2D eigenvalue weighted by atomic mass is 10.1. The van der Waals surface area contributed by atoms with Crippen molar-refractivity contribution in [2.24, 2.45) is 0 Å². The van der Waals surface area contributed by atoms with Gasteiger partial charge < -0.3 is 5.11 Å². The molecule has 88 valence electrons. The number of hydrogen-bond acceptors (Lipinski definition) is 4. The van der Waals surface area contributed by atoms with Crippen LogP contribution >= 0.6 is 0 Å². The molecule has 1 aromatic carbocycles. The highest BCUT2D eigenvalue weighted by Gasteiger charge is 2.08. The lowest BCUT2D eigenvalue weighted by molar-refractivity contribution is -0.129. The molecule has 0 aliphatic rings. The topological polar surface area (TPSA) is 82.5 Å². The maximum atomic E-state index is 10.9. The average Bonchev–Trinajstić information content (AvgIpc) is 2.35. The van der Waals surface area contributed by atoms with Crippen molar-refractivity contribution in [1.82, 2.24) is 10.5 Å². The van der Waals surface area contributed by atoms with E-state index in [1.807, 2.05) is 24.3 Å². The summed E-state index contributed by atoms with van der Waals surface area (Å²) in [5, 5.41) is 19.0. The first-order valence-corrected chi connectivity index (χ1v) is 5.21. The van der Waals surface area contributed by atoms with Crippen LogP contribution in [0.4, 0.5) is 0 Å². The lowest BCUT2D eigenvalue weighted by Gasteiger charge is -2.05. The highest BCUT2D eigenvalue weighted by atomic mass is 16.5. The third-order valence-electron chi connectivity index (χ3n) is 2.49. The first-order valence-electron chi connectivity index (χ1n) is 5.21. The molecule has 0 saturated heterocycles. The Morgan fingerprint density at radius 3 is 2.88 bits per heavy atom. The van der Waals surface area contributed by atoms with Crippen LogP contribution in [0, 0.1) is 0 Å². The molecule has 0 spiro atoms. The van der Waals surface area contributed by atoms with E-state index >= 15 is 0 Å². The molecular formula is C12H12N2O3. The Hall–Kier alpha value is -2.14. The number of aromatic hydroxyl groups is 1. The molecular weight excluding hydrogens is 220 g/mol. The molecule has 1 amide bonds. The Balaban J connectivity index is 2.28. The number of hydrogen-bond donors (Lipinski definition) is 3. The molecule has 5 nitrogen and oxygen atoms in total. The van der Waals surface area contributed by atoms with E-state index in [2.05, 4.69) is 4.98 Å². The van der Waals surface area contributed by atoms with Crippen molar-refractivity contribution in [3.63, 3.8) is 0 Å². The molecule has 0 fully saturated rings. The predicted molar refractivity (Wildman–Crippen MR) is 61.7 cm³/mol. The number of para-hydroxylation sites is 1. The van der Waals surface area contributed by atoms with Crippen LogP contribution in [0.25, 0.3) is 10.9 Å². The number of benzene rings is 1. The Kier molecular flexibility index (Phi) is 3.20. The molecule has 0 aliphatic carbocycles. The summed E-state index contributed by atoms with van der Waals surface area (Å²) in [5.74, 6) is -0.436. The monoisotopic (exact) mass is 232 g/mol. The Labute approximate surface area is 97.7 Å². The number of fused-ring (bicyclic) bond motifs is 1. The Morgan fingerprint density at radius 1 is 1.35 bits per heavy atom. The molecule has 0 radical (unpaired) electrons. The van der Waals surface area contributed by atoms with Crippen LogP contribution in [0.3, 0.4) is 0 Å². The highest BCUT2D eigenvalue weighted by molar-refractivity contribution is 5.80. The van der Waals surface area contributed by atoms with Gasteiger partial charge in [-0.3, -0.25) is 10.0 Å². The van der Waals surface area contributed by atoms with Gasteiger partial charge in [-0.2, -0.15) is 0 Å². The summed E-state index contributed by atoms with van der Waals surface area (Å²) in [5.41, 5.74) is 2.76. The van der Waals surface area contributed by atoms with Crippen LogP contribution in [0.1, 0.15) is 12.1 Å². The third-order valence-corrected chi connectivity index (χ3v) is 2.49. The summed E-state index contributed by atoms with van der Waals surface area (Å²) in [6, 6.07) is 9.03. The zero-order chi connectivity index (χ0) is 12.3. The normalized spacial score (nSPS) is 10.4. The summed E-state index contributed by atoms with van der Waals surface area (Å²) in [4.78, 5) is 15.2. The van der Waals surface area contributed by atoms with E-state index in [9.17, 15) is 9.90 Å². The van der Waals surface area contributed by atoms with Crippen molar-refractivity contribution >= 4 is 16.8 Å². The van der Waals surface area contributed by atoms with E-state index in [4.69, 9.17) is 5.21 Å². The molecule has 3 N–H and O–H groups in total. The van der Waals surface area contributed by atoms with Gasteiger partial charge in [0.15, 0.2) is 0 Å². The van der Waals surface area contributed by atoms with Crippen LogP contribution in [0.15, 0.2) is 30.3 Å². The number of aromatic nitrogens is 1. The predicted octanol–water partition coefficient (Wildman–Crippen LogP) is 1.38. The minimum Gasteiger partial charge on any atom is -0.506 e. The summed E-state index contributed by atoms with van der Waals surface area (Å²) < 4.78 is 0. The largest absolute Gasteiger partial charge is 0.506 e. The SMILES string of the molecule is O=C(CCc1nc2ccccc2cc1O)NO. The first kappa shape index (κ1) is 11.3. The van der Waals surface area contributed by atoms with E-state index in [-0.39, 0.29) is 18.6 Å². The third kappa shape index (κ3) is 2.51. The molecule has 2 aromatic rings. The van der Waals surface area contributed by atoms with E-state index in [1.54, 1.807) is 11.5 Å². The number of amides is 1. The van der Waals surface area contributed by atoms with Gasteiger partial charge in [0.2, 0.25) is 5.91 Å². The average molecular weight is 232 g/mol. The summed E-state index contributed by atoms with van der Waals surface area (Å²) >= 11 is 0. The first-order chi connectivity index (χ1) is 8.20. The molecule has 1 heterocycles. The van der Waals surface area contributed by atoms with Crippen LogP contribution in [0.2, 0.25) is 0 Å². The van der Waals surface area contributed by atoms with Gasteiger partial charge in [-0.25, -0.2) is 10.5 Å². The second-order valence-electron chi connectivity index (χ2n) is 3.68. The highest BCUT2D eigenvalue weighted by Crippen LogP contribution is 2.22. The van der Waals surface area contributed by atoms with Crippen molar-refractivity contribution in [3.8, 4) is 5.75 Å². The maximum absolute atomic E-state index is 10.9. The molecule has 1 aromatic heterocycles. The zero-order valence-electron chi connectivity index (χ0n) is 9.05.